The molecule has 0 aliphatic carbocycles. The first-order valence-electron chi connectivity index (χ1n) is 14.6. The third kappa shape index (κ3) is 5.46. The topological polar surface area (TPSA) is 115 Å². The van der Waals surface area contributed by atoms with Crippen molar-refractivity contribution in [1.29, 1.82) is 0 Å². The van der Waals surface area contributed by atoms with Crippen LogP contribution >= 0.6 is 0 Å². The van der Waals surface area contributed by atoms with Gasteiger partial charge in [0.25, 0.3) is 10.1 Å². The summed E-state index contributed by atoms with van der Waals surface area (Å²) < 4.78 is 57.1. The lowest BCUT2D eigenvalue weighted by Gasteiger charge is -2.48. The fourth-order valence-electron chi connectivity index (χ4n) is 6.20. The Labute approximate surface area is 263 Å². The summed E-state index contributed by atoms with van der Waals surface area (Å²) in [7, 11) is -4.33. The van der Waals surface area contributed by atoms with Crippen LogP contribution in [0.3, 0.4) is 0 Å². The fraction of sp³-hybridized carbons (Fsp3) is 0.412. The van der Waals surface area contributed by atoms with Gasteiger partial charge in [-0.2, -0.15) is 13.0 Å². The van der Waals surface area contributed by atoms with Gasteiger partial charge in [-0.15, -0.1) is 0 Å². The standard InChI is InChI=1S/C34H42N2O6S2/c1-10-35-27-19-17-24(44(40,41)42)21-26(27)32(4,5)29(35)14-12-11-13-15-30-33(6,7)25-20-23(43(38)39)16-18-28(25)36(30)34(8,9)31(2,3)22-37/h11-22H,10H2,1-9H3,(H-,38,39,40,41,42)/p+1. The number of fused-ring (bicyclic) bond motifs is 2. The van der Waals surface area contributed by atoms with E-state index in [0.29, 0.717) is 11.4 Å². The van der Waals surface area contributed by atoms with Crippen molar-refractivity contribution in [2.75, 3.05) is 11.4 Å². The molecule has 0 fully saturated rings. The van der Waals surface area contributed by atoms with Gasteiger partial charge >= 0.3 is 0 Å². The number of carbonyl (C=O) groups is 1. The van der Waals surface area contributed by atoms with Crippen LogP contribution in [0, 0.1) is 5.41 Å². The maximum atomic E-state index is 12.2. The largest absolute Gasteiger partial charge is 0.337 e. The van der Waals surface area contributed by atoms with E-state index in [2.05, 4.69) is 23.3 Å². The Balaban J connectivity index is 1.75. The fourth-order valence-corrected chi connectivity index (χ4v) is 7.11. The molecule has 0 spiro atoms. The van der Waals surface area contributed by atoms with E-state index in [0.717, 1.165) is 40.2 Å². The normalized spacial score (nSPS) is 19.7. The van der Waals surface area contributed by atoms with Gasteiger partial charge in [-0.1, -0.05) is 45.9 Å². The Morgan fingerprint density at radius 3 is 2.18 bits per heavy atom. The summed E-state index contributed by atoms with van der Waals surface area (Å²) in [5.74, 6) is 0. The molecule has 8 nitrogen and oxygen atoms in total. The summed E-state index contributed by atoms with van der Waals surface area (Å²) in [6, 6.07) is 9.99. The minimum absolute atomic E-state index is 0.125. The molecule has 236 valence electrons. The molecule has 2 aliphatic rings. The predicted octanol–water partition coefficient (Wildman–Crippen LogP) is 6.71. The summed E-state index contributed by atoms with van der Waals surface area (Å²) >= 11 is -2.12. The number of allylic oxidation sites excluding steroid dienone is 6. The molecule has 2 aromatic rings. The van der Waals surface area contributed by atoms with Crippen LogP contribution in [0.25, 0.3) is 0 Å². The van der Waals surface area contributed by atoms with Crippen LogP contribution in [0.5, 0.6) is 0 Å². The van der Waals surface area contributed by atoms with Gasteiger partial charge in [0.15, 0.2) is 16.8 Å². The van der Waals surface area contributed by atoms with E-state index in [4.69, 9.17) is 0 Å². The zero-order valence-electron chi connectivity index (χ0n) is 26.9. The van der Waals surface area contributed by atoms with Crippen LogP contribution in [0.1, 0.15) is 73.4 Å². The van der Waals surface area contributed by atoms with E-state index in [-0.39, 0.29) is 4.90 Å². The van der Waals surface area contributed by atoms with Crippen LogP contribution < -0.4 is 4.90 Å². The summed E-state index contributed by atoms with van der Waals surface area (Å²) in [6.45, 7) is 18.8. The SMILES string of the molecule is CC[N+]1=C(/C=C/C=C/C=C2/N(C(C)(C)C(C)(C)C=O)c3ccc(S(=O)O)cc3C2(C)C)C(C)(C)c2cc(S(=O)(=O)O)ccc21. The number of hydrogen-bond donors (Lipinski definition) is 2. The van der Waals surface area contributed by atoms with Gasteiger partial charge < -0.3 is 14.2 Å². The Morgan fingerprint density at radius 1 is 0.955 bits per heavy atom. The molecule has 0 amide bonds. The summed E-state index contributed by atoms with van der Waals surface area (Å²) in [4.78, 5) is 14.6. The Bertz CT molecular complexity index is 1780. The summed E-state index contributed by atoms with van der Waals surface area (Å²) in [5, 5.41) is 0. The Morgan fingerprint density at radius 2 is 1.61 bits per heavy atom. The molecule has 0 saturated heterocycles. The first-order chi connectivity index (χ1) is 20.2. The summed E-state index contributed by atoms with van der Waals surface area (Å²) in [5.41, 5.74) is 3.09. The number of nitrogens with zero attached hydrogens (tertiary/aromatic N) is 2. The van der Waals surface area contributed by atoms with Crippen LogP contribution in [-0.4, -0.2) is 50.4 Å². The van der Waals surface area contributed by atoms with Crippen molar-refractivity contribution in [3.63, 3.8) is 0 Å². The van der Waals surface area contributed by atoms with Gasteiger partial charge in [0.05, 0.1) is 20.7 Å². The lowest BCUT2D eigenvalue weighted by molar-refractivity contribution is -0.433. The maximum absolute atomic E-state index is 12.2. The quantitative estimate of drug-likeness (QED) is 0.103. The van der Waals surface area contributed by atoms with E-state index < -0.39 is 43.0 Å². The first kappa shape index (κ1) is 33.7. The van der Waals surface area contributed by atoms with Gasteiger partial charge in [-0.3, -0.25) is 4.55 Å². The average Bonchev–Trinajstić information content (AvgIpc) is 3.30. The zero-order valence-corrected chi connectivity index (χ0v) is 28.5. The number of aldehydes is 1. The second-order valence-electron chi connectivity index (χ2n) is 13.5. The number of hydrogen-bond acceptors (Lipinski definition) is 5. The molecular formula is C34H43N2O6S2+. The lowest BCUT2D eigenvalue weighted by Crippen LogP contribution is -2.54. The molecule has 2 aromatic carbocycles. The number of anilines is 1. The number of rotatable bonds is 9. The van der Waals surface area contributed by atoms with Gasteiger partial charge in [-0.05, 0) is 76.6 Å². The monoisotopic (exact) mass is 639 g/mol. The van der Waals surface area contributed by atoms with Gasteiger partial charge in [-0.25, -0.2) is 4.21 Å². The molecule has 1 unspecified atom stereocenters. The van der Waals surface area contributed by atoms with Crippen LogP contribution in [0.4, 0.5) is 11.4 Å². The van der Waals surface area contributed by atoms with Crippen molar-refractivity contribution >= 4 is 44.6 Å². The van der Waals surface area contributed by atoms with Gasteiger partial charge in [0.2, 0.25) is 5.69 Å². The highest BCUT2D eigenvalue weighted by molar-refractivity contribution is 7.85. The van der Waals surface area contributed by atoms with Crippen molar-refractivity contribution in [3.8, 4) is 0 Å². The molecule has 2 heterocycles. The maximum Gasteiger partial charge on any atom is 0.294 e. The third-order valence-electron chi connectivity index (χ3n) is 9.60. The molecule has 0 bridgehead atoms. The van der Waals surface area contributed by atoms with Gasteiger partial charge in [0.1, 0.15) is 12.8 Å². The summed E-state index contributed by atoms with van der Waals surface area (Å²) in [6.07, 6.45) is 10.8. The highest BCUT2D eigenvalue weighted by atomic mass is 32.2. The predicted molar refractivity (Wildman–Crippen MR) is 176 cm³/mol. The molecule has 0 radical (unpaired) electrons. The van der Waals surface area contributed by atoms with Crippen molar-refractivity contribution in [2.45, 2.75) is 88.5 Å². The molecule has 4 rings (SSSR count). The van der Waals surface area contributed by atoms with E-state index in [1.54, 1.807) is 24.3 Å². The van der Waals surface area contributed by atoms with Crippen molar-refractivity contribution in [1.82, 2.24) is 0 Å². The second kappa shape index (κ2) is 11.3. The van der Waals surface area contributed by atoms with Crippen LogP contribution in [0.15, 0.2) is 82.3 Å². The number of carbonyl (C=O) groups excluding carboxylic acids is 1. The van der Waals surface area contributed by atoms with E-state index >= 15 is 0 Å². The average molecular weight is 640 g/mol. The van der Waals surface area contributed by atoms with Gasteiger partial charge in [0, 0.05) is 39.9 Å². The molecular weight excluding hydrogens is 597 g/mol. The van der Waals surface area contributed by atoms with Crippen molar-refractivity contribution in [3.05, 3.63) is 83.6 Å². The van der Waals surface area contributed by atoms with Crippen LogP contribution in [0.2, 0.25) is 0 Å². The zero-order chi connectivity index (χ0) is 33.0. The van der Waals surface area contributed by atoms with Crippen molar-refractivity contribution in [2.24, 2.45) is 5.41 Å². The lowest BCUT2D eigenvalue weighted by atomic mass is 9.74. The minimum atomic E-state index is -4.33. The second-order valence-corrected chi connectivity index (χ2v) is 15.9. The third-order valence-corrected chi connectivity index (χ3v) is 11.1. The van der Waals surface area contributed by atoms with E-state index in [9.17, 15) is 26.5 Å². The minimum Gasteiger partial charge on any atom is -0.337 e. The highest BCUT2D eigenvalue weighted by Gasteiger charge is 2.51. The molecule has 2 aliphatic heterocycles. The smallest absolute Gasteiger partial charge is 0.294 e. The Hall–Kier alpha value is -3.18. The molecule has 0 aromatic heterocycles. The molecule has 10 heteroatoms. The first-order valence-corrected chi connectivity index (χ1v) is 17.1. The van der Waals surface area contributed by atoms with Crippen LogP contribution in [-0.2, 0) is 36.8 Å². The molecule has 2 N–H and O–H groups in total. The Kier molecular flexibility index (Phi) is 8.67. The number of benzene rings is 2. The molecule has 0 saturated carbocycles. The highest BCUT2D eigenvalue weighted by Crippen LogP contribution is 2.54. The van der Waals surface area contributed by atoms with E-state index in [1.807, 2.05) is 84.9 Å². The molecule has 44 heavy (non-hydrogen) atoms. The van der Waals surface area contributed by atoms with Crippen molar-refractivity contribution < 1.29 is 31.1 Å². The molecule has 1 atom stereocenters. The van der Waals surface area contributed by atoms with E-state index in [1.165, 1.54) is 6.07 Å².